The van der Waals surface area contributed by atoms with Crippen molar-refractivity contribution >= 4 is 22.5 Å². The van der Waals surface area contributed by atoms with Crippen LogP contribution in [0.5, 0.6) is 0 Å². The Kier molecular flexibility index (Phi) is 4.94. The second-order valence-electron chi connectivity index (χ2n) is 8.15. The van der Waals surface area contributed by atoms with Gasteiger partial charge in [-0.25, -0.2) is 9.97 Å². The third-order valence-electron chi connectivity index (χ3n) is 6.24. The van der Waals surface area contributed by atoms with Crippen LogP contribution in [0, 0.1) is 10.1 Å². The molecule has 2 atom stereocenters. The summed E-state index contributed by atoms with van der Waals surface area (Å²) in [7, 11) is 0. The zero-order valence-corrected chi connectivity index (χ0v) is 17.8. The van der Waals surface area contributed by atoms with Crippen LogP contribution in [-0.2, 0) is 6.42 Å². The lowest BCUT2D eigenvalue weighted by atomic mass is 9.90. The van der Waals surface area contributed by atoms with Gasteiger partial charge in [0.25, 0.3) is 0 Å². The molecule has 0 saturated carbocycles. The Morgan fingerprint density at radius 3 is 2.81 bits per heavy atom. The number of rotatable bonds is 5. The summed E-state index contributed by atoms with van der Waals surface area (Å²) in [6.45, 7) is 2.03. The highest BCUT2D eigenvalue weighted by Crippen LogP contribution is 2.39. The van der Waals surface area contributed by atoms with Crippen LogP contribution in [0.25, 0.3) is 22.2 Å². The Morgan fingerprint density at radius 2 is 2.03 bits per heavy atom. The fourth-order valence-electron chi connectivity index (χ4n) is 4.69. The number of H-pyrrole nitrogens is 1. The van der Waals surface area contributed by atoms with Gasteiger partial charge in [0.2, 0.25) is 6.54 Å². The topological polar surface area (TPSA) is 84.7 Å². The zero-order chi connectivity index (χ0) is 21.5. The second kappa shape index (κ2) is 7.78. The van der Waals surface area contributed by atoms with Gasteiger partial charge in [0.1, 0.15) is 6.33 Å². The highest BCUT2D eigenvalue weighted by molar-refractivity contribution is 6.30. The number of hydrogen-bond donors (Lipinski definition) is 1. The Labute approximate surface area is 184 Å². The zero-order valence-electron chi connectivity index (χ0n) is 17.0. The average molecular weight is 433 g/mol. The standard InChI is InChI=1S/C24H21ClN4O2/c1-14-2-9-21-23(14)24(28-13-27-21)16-5-8-18-19(11-26-22(18)10-16)20(12-29(30)31)15-3-6-17(25)7-4-15/h3-8,10-11,13-14,20,26H,2,9,12H2,1H3/t14-,20?/m1/s1. The minimum atomic E-state index is -0.366. The Bertz CT molecular complexity index is 1280. The predicted octanol–water partition coefficient (Wildman–Crippen LogP) is 5.74. The van der Waals surface area contributed by atoms with E-state index in [9.17, 15) is 10.1 Å². The molecule has 1 unspecified atom stereocenters. The van der Waals surface area contributed by atoms with Gasteiger partial charge in [-0.05, 0) is 48.1 Å². The molecule has 0 fully saturated rings. The largest absolute Gasteiger partial charge is 0.361 e. The van der Waals surface area contributed by atoms with Gasteiger partial charge in [-0.15, -0.1) is 0 Å². The quantitative estimate of drug-likeness (QED) is 0.322. The van der Waals surface area contributed by atoms with Crippen LogP contribution < -0.4 is 0 Å². The minimum Gasteiger partial charge on any atom is -0.361 e. The van der Waals surface area contributed by atoms with Gasteiger partial charge in [-0.3, -0.25) is 10.1 Å². The SMILES string of the molecule is C[C@@H]1CCc2ncnc(-c3ccc4c(C(C[N+](=O)[O-])c5ccc(Cl)cc5)c[nH]c4c3)c21. The average Bonchev–Trinajstić information content (AvgIpc) is 3.36. The van der Waals surface area contributed by atoms with E-state index in [-0.39, 0.29) is 17.4 Å². The lowest BCUT2D eigenvalue weighted by molar-refractivity contribution is -0.481. The molecule has 1 aliphatic rings. The van der Waals surface area contributed by atoms with Gasteiger partial charge in [0, 0.05) is 43.9 Å². The molecule has 0 saturated heterocycles. The molecule has 0 radical (unpaired) electrons. The van der Waals surface area contributed by atoms with Crippen molar-refractivity contribution in [1.82, 2.24) is 15.0 Å². The number of aryl methyl sites for hydroxylation is 1. The number of fused-ring (bicyclic) bond motifs is 2. The van der Waals surface area contributed by atoms with Gasteiger partial charge >= 0.3 is 0 Å². The van der Waals surface area contributed by atoms with E-state index in [1.807, 2.05) is 24.4 Å². The third kappa shape index (κ3) is 3.57. The fourth-order valence-corrected chi connectivity index (χ4v) is 4.81. The summed E-state index contributed by atoms with van der Waals surface area (Å²) in [5.41, 5.74) is 7.10. The van der Waals surface area contributed by atoms with Crippen molar-refractivity contribution in [3.63, 3.8) is 0 Å². The number of aromatic nitrogens is 3. The van der Waals surface area contributed by atoms with Crippen molar-refractivity contribution in [3.05, 3.63) is 92.5 Å². The molecule has 6 nitrogen and oxygen atoms in total. The molecular weight excluding hydrogens is 412 g/mol. The normalized spacial score (nSPS) is 16.4. The maximum atomic E-state index is 11.4. The Morgan fingerprint density at radius 1 is 1.23 bits per heavy atom. The smallest absolute Gasteiger partial charge is 0.214 e. The Hall–Kier alpha value is -3.25. The third-order valence-corrected chi connectivity index (χ3v) is 6.49. The van der Waals surface area contributed by atoms with E-state index in [4.69, 9.17) is 11.6 Å². The summed E-state index contributed by atoms with van der Waals surface area (Å²) in [5, 5.41) is 13.0. The second-order valence-corrected chi connectivity index (χ2v) is 8.58. The molecule has 7 heteroatoms. The molecule has 0 bridgehead atoms. The van der Waals surface area contributed by atoms with E-state index in [1.54, 1.807) is 18.5 Å². The first-order valence-electron chi connectivity index (χ1n) is 10.3. The van der Waals surface area contributed by atoms with E-state index < -0.39 is 0 Å². The van der Waals surface area contributed by atoms with E-state index in [1.165, 1.54) is 5.56 Å². The number of nitro groups is 1. The lowest BCUT2D eigenvalue weighted by Crippen LogP contribution is -2.13. The van der Waals surface area contributed by atoms with E-state index in [0.717, 1.165) is 51.8 Å². The van der Waals surface area contributed by atoms with Crippen LogP contribution in [0.1, 0.15) is 47.6 Å². The minimum absolute atomic E-state index is 0.187. The fraction of sp³-hybridized carbons (Fsp3) is 0.250. The molecule has 0 aliphatic heterocycles. The molecule has 156 valence electrons. The summed E-state index contributed by atoms with van der Waals surface area (Å²) in [5.74, 6) is 0.0747. The van der Waals surface area contributed by atoms with E-state index >= 15 is 0 Å². The van der Waals surface area contributed by atoms with Gasteiger partial charge in [-0.1, -0.05) is 42.8 Å². The molecule has 2 heterocycles. The first-order chi connectivity index (χ1) is 15.0. The van der Waals surface area contributed by atoms with E-state index in [2.05, 4.69) is 34.0 Å². The van der Waals surface area contributed by atoms with Crippen molar-refractivity contribution in [2.75, 3.05) is 6.54 Å². The van der Waals surface area contributed by atoms with Gasteiger partial charge in [0.15, 0.2) is 0 Å². The highest BCUT2D eigenvalue weighted by Gasteiger charge is 2.26. The van der Waals surface area contributed by atoms with Crippen molar-refractivity contribution < 1.29 is 4.92 Å². The molecule has 2 aromatic heterocycles. The number of hydrogen-bond acceptors (Lipinski definition) is 4. The molecule has 5 rings (SSSR count). The van der Waals surface area contributed by atoms with Crippen LogP contribution >= 0.6 is 11.6 Å². The summed E-state index contributed by atoms with van der Waals surface area (Å²) >= 11 is 6.02. The first-order valence-corrected chi connectivity index (χ1v) is 10.7. The van der Waals surface area contributed by atoms with Gasteiger partial charge in [-0.2, -0.15) is 0 Å². The van der Waals surface area contributed by atoms with Crippen molar-refractivity contribution in [3.8, 4) is 11.3 Å². The van der Waals surface area contributed by atoms with E-state index in [0.29, 0.717) is 10.9 Å². The lowest BCUT2D eigenvalue weighted by Gasteiger charge is -2.14. The van der Waals surface area contributed by atoms with Crippen LogP contribution in [0.4, 0.5) is 0 Å². The number of nitrogens with zero attached hydrogens (tertiary/aromatic N) is 3. The van der Waals surface area contributed by atoms with Crippen LogP contribution in [0.2, 0.25) is 5.02 Å². The molecule has 31 heavy (non-hydrogen) atoms. The molecule has 1 N–H and O–H groups in total. The summed E-state index contributed by atoms with van der Waals surface area (Å²) < 4.78 is 0. The van der Waals surface area contributed by atoms with Crippen molar-refractivity contribution in [2.45, 2.75) is 31.6 Å². The molecule has 4 aromatic rings. The summed E-state index contributed by atoms with van der Waals surface area (Å²) in [4.78, 5) is 23.5. The Balaban J connectivity index is 1.59. The van der Waals surface area contributed by atoms with Crippen LogP contribution in [-0.4, -0.2) is 26.4 Å². The van der Waals surface area contributed by atoms with Gasteiger partial charge < -0.3 is 4.98 Å². The summed E-state index contributed by atoms with van der Waals surface area (Å²) in [6, 6.07) is 13.4. The molecule has 2 aromatic carbocycles. The summed E-state index contributed by atoms with van der Waals surface area (Å²) in [6.07, 6.45) is 5.61. The van der Waals surface area contributed by atoms with Crippen LogP contribution in [0.15, 0.2) is 55.0 Å². The number of nitrogens with one attached hydrogen (secondary N) is 1. The van der Waals surface area contributed by atoms with Crippen molar-refractivity contribution in [1.29, 1.82) is 0 Å². The molecule has 1 aliphatic carbocycles. The number of benzene rings is 2. The van der Waals surface area contributed by atoms with Crippen LogP contribution in [0.3, 0.4) is 0 Å². The number of aromatic amines is 1. The molecule has 0 amide bonds. The number of halogens is 1. The molecular formula is C24H21ClN4O2. The monoisotopic (exact) mass is 432 g/mol. The maximum absolute atomic E-state index is 11.4. The maximum Gasteiger partial charge on any atom is 0.214 e. The highest BCUT2D eigenvalue weighted by atomic mass is 35.5. The predicted molar refractivity (Wildman–Crippen MR) is 121 cm³/mol. The van der Waals surface area contributed by atoms with Crippen molar-refractivity contribution in [2.24, 2.45) is 0 Å². The first kappa shape index (κ1) is 19.7. The van der Waals surface area contributed by atoms with Gasteiger partial charge in [0.05, 0.1) is 11.6 Å². The molecule has 0 spiro atoms.